The molecule has 0 aliphatic carbocycles. The van der Waals surface area contributed by atoms with Crippen molar-refractivity contribution >= 4 is 41.3 Å². The molecule has 1 aliphatic heterocycles. The number of amides is 5. The number of Topliss-reactive ketones (excluding diaryl/α,β-unsaturated/α-hetero) is 1. The van der Waals surface area contributed by atoms with E-state index in [1.807, 2.05) is 6.92 Å². The Kier molecular flexibility index (Phi) is 14.9. The molecule has 15 nitrogen and oxygen atoms in total. The van der Waals surface area contributed by atoms with Gasteiger partial charge in [-0.2, -0.15) is 0 Å². The summed E-state index contributed by atoms with van der Waals surface area (Å²) in [5, 5.41) is 19.3. The number of carbonyl (C=O) groups is 7. The molecule has 5 N–H and O–H groups in total. The van der Waals surface area contributed by atoms with E-state index < -0.39 is 77.4 Å². The first-order valence-corrected chi connectivity index (χ1v) is 16.2. The predicted octanol–water partition coefficient (Wildman–Crippen LogP) is 0.832. The first-order valence-electron chi connectivity index (χ1n) is 16.2. The van der Waals surface area contributed by atoms with Crippen LogP contribution in [0.3, 0.4) is 0 Å². The molecule has 0 radical (unpaired) electrons. The van der Waals surface area contributed by atoms with Crippen LogP contribution >= 0.6 is 0 Å². The summed E-state index contributed by atoms with van der Waals surface area (Å²) in [4.78, 5) is 100. The van der Waals surface area contributed by atoms with E-state index in [1.54, 1.807) is 34.6 Å². The van der Waals surface area contributed by atoms with Crippen molar-refractivity contribution in [1.82, 2.24) is 36.1 Å². The number of carboxylic acids is 1. The number of hydrogen-bond donors (Lipinski definition) is 5. The Labute approximate surface area is 275 Å². The van der Waals surface area contributed by atoms with Crippen LogP contribution in [0.15, 0.2) is 18.6 Å². The summed E-state index contributed by atoms with van der Waals surface area (Å²) >= 11 is 0. The first-order chi connectivity index (χ1) is 22.1. The summed E-state index contributed by atoms with van der Waals surface area (Å²) < 4.78 is 0. The van der Waals surface area contributed by atoms with Crippen LogP contribution in [0.5, 0.6) is 0 Å². The number of nitrogens with zero attached hydrogens (tertiary/aromatic N) is 3. The molecule has 1 aromatic heterocycles. The summed E-state index contributed by atoms with van der Waals surface area (Å²) in [6, 6.07) is -5.53. The molecule has 0 spiro atoms. The highest BCUT2D eigenvalue weighted by molar-refractivity contribution is 6.38. The van der Waals surface area contributed by atoms with Gasteiger partial charge in [-0.3, -0.25) is 38.5 Å². The third-order valence-electron chi connectivity index (χ3n) is 8.15. The minimum absolute atomic E-state index is 0.0315. The first kappa shape index (κ1) is 38.8. The lowest BCUT2D eigenvalue weighted by molar-refractivity contribution is -0.146. The molecule has 260 valence electrons. The Bertz CT molecular complexity index is 1290. The number of hydrogen-bond acceptors (Lipinski definition) is 9. The minimum Gasteiger partial charge on any atom is -0.480 e. The number of carboxylic acid groups (broad SMARTS) is 1. The van der Waals surface area contributed by atoms with E-state index in [-0.39, 0.29) is 30.5 Å². The van der Waals surface area contributed by atoms with Gasteiger partial charge in [0.2, 0.25) is 23.5 Å². The van der Waals surface area contributed by atoms with E-state index >= 15 is 0 Å². The van der Waals surface area contributed by atoms with Crippen molar-refractivity contribution in [3.8, 4) is 0 Å². The predicted molar refractivity (Wildman–Crippen MR) is 170 cm³/mol. The van der Waals surface area contributed by atoms with Gasteiger partial charge in [0.25, 0.3) is 11.8 Å². The smallest absolute Gasteiger partial charge is 0.325 e. The van der Waals surface area contributed by atoms with Crippen molar-refractivity contribution in [2.45, 2.75) is 111 Å². The van der Waals surface area contributed by atoms with E-state index in [0.29, 0.717) is 19.3 Å². The largest absolute Gasteiger partial charge is 0.480 e. The molecule has 0 saturated carbocycles. The van der Waals surface area contributed by atoms with Crippen molar-refractivity contribution in [1.29, 1.82) is 0 Å². The van der Waals surface area contributed by atoms with Crippen molar-refractivity contribution < 1.29 is 38.7 Å². The van der Waals surface area contributed by atoms with Gasteiger partial charge >= 0.3 is 5.97 Å². The fraction of sp³-hybridized carbons (Fsp3) is 0.656. The number of nitrogens with one attached hydrogen (secondary N) is 4. The maximum absolute atomic E-state index is 14.1. The fourth-order valence-corrected chi connectivity index (χ4v) is 5.54. The van der Waals surface area contributed by atoms with Crippen LogP contribution in [0.25, 0.3) is 0 Å². The summed E-state index contributed by atoms with van der Waals surface area (Å²) in [5.41, 5.74) is 0.0315. The standard InChI is InChI=1S/C32H49N7O8/c1-8-10-20-12-15-39(25(20)29(43)36-21(11-9-2)26(40)30(44)35-19(7)32(46)47)31(45)24(18(5)6)38-28(42)23(17(3)4)37-27(41)22-16-33-13-14-34-22/h13-14,16-21,23-25H,8-12,15H2,1-7H3,(H,35,44)(H,36,43)(H,37,41)(H,38,42)(H,46,47)/t19-,20-,21?,23?,24-,25?/m0/s1. The topological polar surface area (TPSA) is 217 Å². The maximum atomic E-state index is 14.1. The van der Waals surface area contributed by atoms with E-state index in [0.717, 1.165) is 6.42 Å². The highest BCUT2D eigenvalue weighted by Crippen LogP contribution is 2.30. The molecule has 0 aromatic carbocycles. The maximum Gasteiger partial charge on any atom is 0.325 e. The van der Waals surface area contributed by atoms with Crippen LogP contribution < -0.4 is 21.3 Å². The van der Waals surface area contributed by atoms with Gasteiger partial charge in [0, 0.05) is 18.9 Å². The number of ketones is 1. The van der Waals surface area contributed by atoms with Gasteiger partial charge < -0.3 is 31.3 Å². The average Bonchev–Trinajstić information content (AvgIpc) is 3.45. The lowest BCUT2D eigenvalue weighted by Gasteiger charge is -2.34. The van der Waals surface area contributed by atoms with Gasteiger partial charge in [-0.15, -0.1) is 0 Å². The zero-order valence-electron chi connectivity index (χ0n) is 28.2. The van der Waals surface area contributed by atoms with Gasteiger partial charge in [0.05, 0.1) is 12.2 Å². The van der Waals surface area contributed by atoms with Crippen molar-refractivity contribution in [3.63, 3.8) is 0 Å². The van der Waals surface area contributed by atoms with Gasteiger partial charge in [0.15, 0.2) is 0 Å². The quantitative estimate of drug-likeness (QED) is 0.148. The number of likely N-dealkylation sites (tertiary alicyclic amines) is 1. The van der Waals surface area contributed by atoms with Gasteiger partial charge in [-0.05, 0) is 43.9 Å². The number of rotatable bonds is 17. The number of carbonyl (C=O) groups excluding carboxylic acids is 6. The molecule has 1 fully saturated rings. The van der Waals surface area contributed by atoms with Crippen LogP contribution in [-0.4, -0.2) is 98.0 Å². The van der Waals surface area contributed by atoms with E-state index in [1.165, 1.54) is 30.4 Å². The Morgan fingerprint density at radius 3 is 2.09 bits per heavy atom. The molecule has 1 aliphatic rings. The van der Waals surface area contributed by atoms with Gasteiger partial charge in [0.1, 0.15) is 29.9 Å². The highest BCUT2D eigenvalue weighted by Gasteiger charge is 2.45. The van der Waals surface area contributed by atoms with Gasteiger partial charge in [-0.25, -0.2) is 4.98 Å². The SMILES string of the molecule is CCCC(NC(=O)C1[C@@H](CCC)CCN1C(=O)[C@@H](NC(=O)C(NC(=O)c1cnccn1)C(C)C)C(C)C)C(=O)C(=O)N[C@@H](C)C(=O)O. The second-order valence-corrected chi connectivity index (χ2v) is 12.6. The normalized spacial score (nSPS) is 18.5. The number of aliphatic carboxylic acids is 1. The minimum atomic E-state index is -1.32. The third-order valence-corrected chi connectivity index (χ3v) is 8.15. The summed E-state index contributed by atoms with van der Waals surface area (Å²) in [5.74, 6) is -6.66. The highest BCUT2D eigenvalue weighted by atomic mass is 16.4. The Balaban J connectivity index is 2.29. The second kappa shape index (κ2) is 18.0. The van der Waals surface area contributed by atoms with Crippen LogP contribution in [0.2, 0.25) is 0 Å². The second-order valence-electron chi connectivity index (χ2n) is 12.6. The summed E-state index contributed by atoms with van der Waals surface area (Å²) in [6.45, 7) is 12.2. The average molecular weight is 660 g/mol. The van der Waals surface area contributed by atoms with E-state index in [9.17, 15) is 33.6 Å². The zero-order chi connectivity index (χ0) is 35.4. The Hall–Kier alpha value is -4.43. The molecule has 5 amide bonds. The van der Waals surface area contributed by atoms with E-state index in [4.69, 9.17) is 5.11 Å². The van der Waals surface area contributed by atoms with Crippen molar-refractivity contribution in [3.05, 3.63) is 24.3 Å². The summed E-state index contributed by atoms with van der Waals surface area (Å²) in [7, 11) is 0. The molecule has 1 saturated heterocycles. The lowest BCUT2D eigenvalue weighted by Crippen LogP contribution is -2.60. The monoisotopic (exact) mass is 659 g/mol. The molecule has 3 unspecified atom stereocenters. The fourth-order valence-electron chi connectivity index (χ4n) is 5.54. The van der Waals surface area contributed by atoms with Gasteiger partial charge in [-0.1, -0.05) is 54.4 Å². The lowest BCUT2D eigenvalue weighted by atomic mass is 9.93. The van der Waals surface area contributed by atoms with Crippen molar-refractivity contribution in [2.24, 2.45) is 17.8 Å². The Morgan fingerprint density at radius 2 is 1.55 bits per heavy atom. The number of aromatic nitrogens is 2. The van der Waals surface area contributed by atoms with Crippen LogP contribution in [0, 0.1) is 17.8 Å². The molecule has 47 heavy (non-hydrogen) atoms. The van der Waals surface area contributed by atoms with Crippen LogP contribution in [0.1, 0.15) is 91.1 Å². The molecular formula is C32H49N7O8. The third kappa shape index (κ3) is 10.5. The molecule has 15 heteroatoms. The summed E-state index contributed by atoms with van der Waals surface area (Å²) in [6.07, 6.45) is 6.48. The van der Waals surface area contributed by atoms with Crippen LogP contribution in [0.4, 0.5) is 0 Å². The Morgan fingerprint density at radius 1 is 0.894 bits per heavy atom. The molecule has 2 heterocycles. The molecule has 0 bridgehead atoms. The molecular weight excluding hydrogens is 610 g/mol. The van der Waals surface area contributed by atoms with Crippen LogP contribution in [-0.2, 0) is 28.8 Å². The van der Waals surface area contributed by atoms with Crippen molar-refractivity contribution in [2.75, 3.05) is 6.54 Å². The molecule has 6 atom stereocenters. The molecule has 2 rings (SSSR count). The zero-order valence-corrected chi connectivity index (χ0v) is 28.2. The van der Waals surface area contributed by atoms with E-state index in [2.05, 4.69) is 31.2 Å². The molecule has 1 aromatic rings.